The van der Waals surface area contributed by atoms with Gasteiger partial charge in [0.25, 0.3) is 5.91 Å². The van der Waals surface area contributed by atoms with E-state index < -0.39 is 23.6 Å². The number of para-hydroxylation sites is 1. The molecule has 0 saturated carbocycles. The minimum atomic E-state index is -1.34. The molecule has 2 atom stereocenters. The lowest BCUT2D eigenvalue weighted by Gasteiger charge is -2.11. The van der Waals surface area contributed by atoms with Gasteiger partial charge in [0.05, 0.1) is 13.7 Å². The lowest BCUT2D eigenvalue weighted by atomic mass is 9.96. The molecular formula is C15H16N2O5. The normalized spacial score (nSPS) is 25.2. The van der Waals surface area contributed by atoms with Crippen LogP contribution in [0.1, 0.15) is 12.5 Å². The average molecular weight is 304 g/mol. The summed E-state index contributed by atoms with van der Waals surface area (Å²) in [6.07, 6.45) is -0.698. The third kappa shape index (κ3) is 1.53. The molecule has 1 aromatic rings. The van der Waals surface area contributed by atoms with Crippen LogP contribution in [0, 0.1) is 0 Å². The van der Waals surface area contributed by atoms with Crippen LogP contribution in [0.2, 0.25) is 0 Å². The van der Waals surface area contributed by atoms with E-state index >= 15 is 0 Å². The van der Waals surface area contributed by atoms with Crippen molar-refractivity contribution in [3.05, 3.63) is 29.8 Å². The summed E-state index contributed by atoms with van der Waals surface area (Å²) in [6, 6.07) is 6.09. The molecule has 2 aliphatic rings. The smallest absolute Gasteiger partial charge is 0.411 e. The Bertz CT molecular complexity index is 674. The van der Waals surface area contributed by atoms with E-state index in [-0.39, 0.29) is 12.5 Å². The molecule has 0 bridgehead atoms. The number of fused-ring (bicyclic) bond motifs is 2. The van der Waals surface area contributed by atoms with Gasteiger partial charge in [0, 0.05) is 18.3 Å². The van der Waals surface area contributed by atoms with Crippen LogP contribution < -0.4 is 4.90 Å². The molecular weight excluding hydrogens is 288 g/mol. The van der Waals surface area contributed by atoms with Gasteiger partial charge in [-0.2, -0.15) is 0 Å². The van der Waals surface area contributed by atoms with Crippen molar-refractivity contribution in [2.45, 2.75) is 18.5 Å². The van der Waals surface area contributed by atoms with E-state index in [2.05, 4.69) is 0 Å². The quantitative estimate of drug-likeness (QED) is 0.598. The minimum absolute atomic E-state index is 0.158. The van der Waals surface area contributed by atoms with Crippen LogP contribution >= 0.6 is 0 Å². The van der Waals surface area contributed by atoms with Crippen molar-refractivity contribution in [1.82, 2.24) is 4.90 Å². The largest absolute Gasteiger partial charge is 0.467 e. The Balaban J connectivity index is 2.13. The summed E-state index contributed by atoms with van der Waals surface area (Å²) in [4.78, 5) is 39.6. The van der Waals surface area contributed by atoms with Gasteiger partial charge in [-0.1, -0.05) is 18.2 Å². The number of anilines is 1. The molecule has 2 heterocycles. The Labute approximate surface area is 127 Å². The molecule has 0 N–H and O–H groups in total. The first-order valence-electron chi connectivity index (χ1n) is 6.93. The summed E-state index contributed by atoms with van der Waals surface area (Å²) in [7, 11) is 2.85. The molecule has 0 aliphatic carbocycles. The first-order chi connectivity index (χ1) is 10.5. The predicted octanol–water partition coefficient (Wildman–Crippen LogP) is 0.872. The average Bonchev–Trinajstić information content (AvgIpc) is 3.18. The third-order valence-corrected chi connectivity index (χ3v) is 4.16. The zero-order chi connectivity index (χ0) is 16.1. The Hall–Kier alpha value is -2.57. The fourth-order valence-corrected chi connectivity index (χ4v) is 3.19. The third-order valence-electron chi connectivity index (χ3n) is 4.16. The lowest BCUT2D eigenvalue weighted by molar-refractivity contribution is -0.141. The fourth-order valence-electron chi connectivity index (χ4n) is 3.19. The van der Waals surface area contributed by atoms with E-state index in [1.165, 1.54) is 12.0 Å². The van der Waals surface area contributed by atoms with Crippen LogP contribution in [0.25, 0.3) is 0 Å². The number of benzene rings is 1. The number of nitrogens with zero attached hydrogens (tertiary/aromatic N) is 2. The Kier molecular flexibility index (Phi) is 3.09. The van der Waals surface area contributed by atoms with Crippen LogP contribution in [-0.2, 0) is 24.6 Å². The Morgan fingerprint density at radius 2 is 2.00 bits per heavy atom. The molecule has 116 valence electrons. The zero-order valence-corrected chi connectivity index (χ0v) is 12.5. The van der Waals surface area contributed by atoms with Crippen molar-refractivity contribution in [3.63, 3.8) is 0 Å². The van der Waals surface area contributed by atoms with Gasteiger partial charge < -0.3 is 14.4 Å². The van der Waals surface area contributed by atoms with Crippen molar-refractivity contribution in [3.8, 4) is 0 Å². The maximum atomic E-state index is 12.8. The Morgan fingerprint density at radius 1 is 1.32 bits per heavy atom. The van der Waals surface area contributed by atoms with Gasteiger partial charge in [-0.3, -0.25) is 9.69 Å². The maximum absolute atomic E-state index is 12.8. The number of rotatable bonds is 2. The number of amides is 2. The molecule has 1 saturated heterocycles. The van der Waals surface area contributed by atoms with Crippen molar-refractivity contribution in [1.29, 1.82) is 0 Å². The fraction of sp³-hybridized carbons (Fsp3) is 0.400. The van der Waals surface area contributed by atoms with Gasteiger partial charge in [-0.15, -0.1) is 0 Å². The van der Waals surface area contributed by atoms with E-state index in [0.717, 1.165) is 4.90 Å². The first-order valence-corrected chi connectivity index (χ1v) is 6.93. The van der Waals surface area contributed by atoms with E-state index in [0.29, 0.717) is 11.3 Å². The summed E-state index contributed by atoms with van der Waals surface area (Å²) in [5.74, 6) is -0.969. The standard InChI is InChI=1S/C15H16N2O5/c1-4-22-14(20)17-11(12(18)21-3)15(17)9-7-5-6-8-10(9)16(2)13(15)19/h5-8,11H,4H2,1-3H3. The molecule has 22 heavy (non-hydrogen) atoms. The summed E-state index contributed by atoms with van der Waals surface area (Å²) in [5, 5.41) is 0. The van der Waals surface area contributed by atoms with Crippen molar-refractivity contribution >= 4 is 23.7 Å². The number of hydrogen-bond acceptors (Lipinski definition) is 5. The van der Waals surface area contributed by atoms with Gasteiger partial charge in [0.1, 0.15) is 0 Å². The van der Waals surface area contributed by atoms with Gasteiger partial charge in [-0.25, -0.2) is 9.59 Å². The first kappa shape index (κ1) is 14.4. The molecule has 3 rings (SSSR count). The monoisotopic (exact) mass is 304 g/mol. The summed E-state index contributed by atoms with van der Waals surface area (Å²) >= 11 is 0. The van der Waals surface area contributed by atoms with Crippen LogP contribution in [0.3, 0.4) is 0 Å². The van der Waals surface area contributed by atoms with Crippen LogP contribution in [-0.4, -0.2) is 49.7 Å². The highest BCUT2D eigenvalue weighted by Crippen LogP contribution is 2.58. The van der Waals surface area contributed by atoms with Crippen LogP contribution in [0.5, 0.6) is 0 Å². The number of carbonyl (C=O) groups is 3. The molecule has 0 radical (unpaired) electrons. The number of ether oxygens (including phenoxy) is 2. The van der Waals surface area contributed by atoms with Gasteiger partial charge in [0.15, 0.2) is 11.6 Å². The summed E-state index contributed by atoms with van der Waals surface area (Å²) in [6.45, 7) is 1.82. The molecule has 2 unspecified atom stereocenters. The van der Waals surface area contributed by atoms with Crippen molar-refractivity contribution in [2.24, 2.45) is 0 Å². The van der Waals surface area contributed by atoms with E-state index in [4.69, 9.17) is 9.47 Å². The SMILES string of the molecule is CCOC(=O)N1C(C(=O)OC)C12C(=O)N(C)c1ccccc12. The number of hydrogen-bond donors (Lipinski definition) is 0. The number of likely N-dealkylation sites (N-methyl/N-ethyl adjacent to an activating group) is 1. The number of carbonyl (C=O) groups excluding carboxylic acids is 3. The lowest BCUT2D eigenvalue weighted by Crippen LogP contribution is -2.35. The predicted molar refractivity (Wildman–Crippen MR) is 76.2 cm³/mol. The highest BCUT2D eigenvalue weighted by atomic mass is 16.6. The topological polar surface area (TPSA) is 75.9 Å². The maximum Gasteiger partial charge on any atom is 0.411 e. The van der Waals surface area contributed by atoms with E-state index in [9.17, 15) is 14.4 Å². The molecule has 0 aromatic heterocycles. The highest BCUT2D eigenvalue weighted by molar-refractivity contribution is 6.16. The number of methoxy groups -OCH3 is 1. The second-order valence-corrected chi connectivity index (χ2v) is 5.14. The Morgan fingerprint density at radius 3 is 2.64 bits per heavy atom. The molecule has 7 nitrogen and oxygen atoms in total. The minimum Gasteiger partial charge on any atom is -0.467 e. The highest BCUT2D eigenvalue weighted by Gasteiger charge is 2.79. The second-order valence-electron chi connectivity index (χ2n) is 5.14. The van der Waals surface area contributed by atoms with E-state index in [1.54, 1.807) is 38.2 Å². The van der Waals surface area contributed by atoms with Gasteiger partial charge in [-0.05, 0) is 13.0 Å². The number of esters is 1. The molecule has 7 heteroatoms. The zero-order valence-electron chi connectivity index (χ0n) is 12.5. The molecule has 2 amide bonds. The summed E-state index contributed by atoms with van der Waals surface area (Å²) in [5.41, 5.74) is -0.0517. The van der Waals surface area contributed by atoms with Crippen molar-refractivity contribution in [2.75, 3.05) is 25.7 Å². The van der Waals surface area contributed by atoms with Gasteiger partial charge >= 0.3 is 12.1 Å². The van der Waals surface area contributed by atoms with Crippen LogP contribution in [0.15, 0.2) is 24.3 Å². The molecule has 1 fully saturated rings. The molecule has 1 spiro atoms. The van der Waals surface area contributed by atoms with Crippen molar-refractivity contribution < 1.29 is 23.9 Å². The second kappa shape index (κ2) is 4.72. The van der Waals surface area contributed by atoms with Crippen LogP contribution in [0.4, 0.5) is 10.5 Å². The van der Waals surface area contributed by atoms with E-state index in [1.807, 2.05) is 0 Å². The van der Waals surface area contributed by atoms with Gasteiger partial charge in [0.2, 0.25) is 0 Å². The summed E-state index contributed by atoms with van der Waals surface area (Å²) < 4.78 is 9.74. The molecule has 1 aromatic carbocycles. The molecule has 2 aliphatic heterocycles.